The van der Waals surface area contributed by atoms with Gasteiger partial charge in [0.2, 0.25) is 0 Å². The van der Waals surface area contributed by atoms with Gasteiger partial charge in [-0.15, -0.1) is 0 Å². The van der Waals surface area contributed by atoms with Crippen LogP contribution in [0.3, 0.4) is 0 Å². The summed E-state index contributed by atoms with van der Waals surface area (Å²) in [5.74, 6) is -2.33. The zero-order valence-corrected chi connectivity index (χ0v) is 13.1. The molecular weight excluding hydrogens is 372 g/mol. The van der Waals surface area contributed by atoms with Crippen molar-refractivity contribution in [3.63, 3.8) is 0 Å². The van der Waals surface area contributed by atoms with Gasteiger partial charge in [0.05, 0.1) is 0 Å². The Morgan fingerprint density at radius 2 is 1.83 bits per heavy atom. The van der Waals surface area contributed by atoms with Crippen LogP contribution in [0, 0.1) is 17.6 Å². The second-order valence-electron chi connectivity index (χ2n) is 4.22. The van der Waals surface area contributed by atoms with Gasteiger partial charge in [0, 0.05) is 15.8 Å². The van der Waals surface area contributed by atoms with Crippen molar-refractivity contribution in [1.29, 1.82) is 0 Å². The molecule has 1 atom stereocenters. The minimum Gasteiger partial charge on any atom is -0.348 e. The van der Waals surface area contributed by atoms with Gasteiger partial charge >= 0.3 is 0 Å². The number of rotatable bonds is 4. The van der Waals surface area contributed by atoms with Crippen molar-refractivity contribution >= 4 is 37.8 Å². The first kappa shape index (κ1) is 15.6. The van der Waals surface area contributed by atoms with Crippen molar-refractivity contribution in [1.82, 2.24) is 5.32 Å². The molecule has 0 saturated heterocycles. The fourth-order valence-corrected chi connectivity index (χ4v) is 2.69. The molecule has 1 amide bonds. The molecule has 0 aliphatic heterocycles. The molecule has 6 heteroatoms. The van der Waals surface area contributed by atoms with Crippen molar-refractivity contribution < 1.29 is 13.6 Å². The number of carbonyl (C=O) groups excluding carboxylic acids is 1. The third kappa shape index (κ3) is 3.75. The van der Waals surface area contributed by atoms with Crippen molar-refractivity contribution in [2.45, 2.75) is 19.9 Å². The molecule has 18 heavy (non-hydrogen) atoms. The molecule has 100 valence electrons. The Bertz CT molecular complexity index is 429. The van der Waals surface area contributed by atoms with Gasteiger partial charge in [0.25, 0.3) is 5.91 Å². The number of alkyl halides is 1. The number of halogens is 4. The number of carbonyl (C=O) groups is 1. The fourth-order valence-electron chi connectivity index (χ4n) is 1.38. The first-order valence-electron chi connectivity index (χ1n) is 5.38. The molecule has 1 rings (SSSR count). The lowest BCUT2D eigenvalue weighted by Crippen LogP contribution is -2.40. The number of benzene rings is 1. The topological polar surface area (TPSA) is 29.1 Å². The molecular formula is C12H13Br2F2NO. The summed E-state index contributed by atoms with van der Waals surface area (Å²) in [4.78, 5) is 11.8. The highest BCUT2D eigenvalue weighted by atomic mass is 79.9. The van der Waals surface area contributed by atoms with Crippen LogP contribution in [0.5, 0.6) is 0 Å². The second kappa shape index (κ2) is 6.61. The number of hydrogen-bond acceptors (Lipinski definition) is 1. The summed E-state index contributed by atoms with van der Waals surface area (Å²) in [5.41, 5.74) is -0.551. The van der Waals surface area contributed by atoms with E-state index in [2.05, 4.69) is 37.2 Å². The number of hydrogen-bond donors (Lipinski definition) is 1. The van der Waals surface area contributed by atoms with Crippen molar-refractivity contribution in [3.8, 4) is 0 Å². The molecule has 1 unspecified atom stereocenters. The third-order valence-corrected chi connectivity index (χ3v) is 3.68. The molecule has 0 radical (unpaired) electrons. The maximum atomic E-state index is 13.6. The Hall–Kier alpha value is -0.490. The van der Waals surface area contributed by atoms with E-state index in [0.29, 0.717) is 5.33 Å². The lowest BCUT2D eigenvalue weighted by molar-refractivity contribution is 0.0923. The van der Waals surface area contributed by atoms with E-state index in [-0.39, 0.29) is 16.4 Å². The van der Waals surface area contributed by atoms with Crippen LogP contribution in [-0.4, -0.2) is 17.3 Å². The van der Waals surface area contributed by atoms with Crippen LogP contribution in [0.15, 0.2) is 16.6 Å². The smallest absolute Gasteiger partial charge is 0.257 e. The number of amides is 1. The van der Waals surface area contributed by atoms with Gasteiger partial charge in [-0.25, -0.2) is 8.78 Å². The maximum absolute atomic E-state index is 13.6. The van der Waals surface area contributed by atoms with E-state index >= 15 is 0 Å². The van der Waals surface area contributed by atoms with Crippen LogP contribution in [0.2, 0.25) is 0 Å². The average Bonchev–Trinajstić information content (AvgIpc) is 2.23. The molecule has 0 heterocycles. The molecule has 0 aromatic heterocycles. The zero-order chi connectivity index (χ0) is 13.9. The molecule has 1 aromatic carbocycles. The lowest BCUT2D eigenvalue weighted by Gasteiger charge is -2.20. The van der Waals surface area contributed by atoms with Gasteiger partial charge in [-0.2, -0.15) is 0 Å². The van der Waals surface area contributed by atoms with Gasteiger partial charge in [0.15, 0.2) is 0 Å². The molecule has 2 nitrogen and oxygen atoms in total. The van der Waals surface area contributed by atoms with Crippen LogP contribution in [0.4, 0.5) is 8.78 Å². The minimum absolute atomic E-state index is 0.162. The summed E-state index contributed by atoms with van der Waals surface area (Å²) in [6.45, 7) is 3.83. The molecule has 0 bridgehead atoms. The van der Waals surface area contributed by atoms with E-state index in [1.165, 1.54) is 0 Å². The van der Waals surface area contributed by atoms with Crippen LogP contribution in [0.1, 0.15) is 24.2 Å². The zero-order valence-electron chi connectivity index (χ0n) is 9.94. The van der Waals surface area contributed by atoms with Gasteiger partial charge in [-0.1, -0.05) is 45.7 Å². The van der Waals surface area contributed by atoms with Gasteiger partial charge in [0.1, 0.15) is 17.2 Å². The largest absolute Gasteiger partial charge is 0.348 e. The monoisotopic (exact) mass is 383 g/mol. The van der Waals surface area contributed by atoms with Crippen molar-refractivity contribution in [2.75, 3.05) is 5.33 Å². The standard InChI is InChI=1S/C12H13Br2F2NO/c1-6(2)10(5-13)17-12(18)11-8(15)3-7(14)4-9(11)16/h3-4,6,10H,5H2,1-2H3,(H,17,18). The molecule has 1 aromatic rings. The Labute approximate surface area is 121 Å². The number of nitrogens with one attached hydrogen (secondary N) is 1. The summed E-state index contributed by atoms with van der Waals surface area (Å²) in [6.07, 6.45) is 0. The predicted molar refractivity (Wildman–Crippen MR) is 73.9 cm³/mol. The van der Waals surface area contributed by atoms with E-state index in [1.807, 2.05) is 13.8 Å². The Morgan fingerprint density at radius 1 is 1.33 bits per heavy atom. The third-order valence-electron chi connectivity index (χ3n) is 2.52. The molecule has 0 fully saturated rings. The summed E-state index contributed by atoms with van der Waals surface area (Å²) < 4.78 is 27.4. The van der Waals surface area contributed by atoms with Crippen LogP contribution in [0.25, 0.3) is 0 Å². The first-order chi connectivity index (χ1) is 8.36. The summed E-state index contributed by atoms with van der Waals surface area (Å²) in [7, 11) is 0. The Balaban J connectivity index is 2.98. The molecule has 0 aliphatic carbocycles. The van der Waals surface area contributed by atoms with Gasteiger partial charge in [-0.05, 0) is 18.1 Å². The van der Waals surface area contributed by atoms with E-state index in [9.17, 15) is 13.6 Å². The van der Waals surface area contributed by atoms with Gasteiger partial charge in [-0.3, -0.25) is 4.79 Å². The highest BCUT2D eigenvalue weighted by Crippen LogP contribution is 2.20. The van der Waals surface area contributed by atoms with Crippen LogP contribution < -0.4 is 5.32 Å². The second-order valence-corrected chi connectivity index (χ2v) is 5.79. The minimum atomic E-state index is -0.878. The Morgan fingerprint density at radius 3 is 2.22 bits per heavy atom. The summed E-state index contributed by atoms with van der Waals surface area (Å²) in [5, 5.41) is 3.13. The highest BCUT2D eigenvalue weighted by Gasteiger charge is 2.22. The van der Waals surface area contributed by atoms with E-state index in [4.69, 9.17) is 0 Å². The van der Waals surface area contributed by atoms with Crippen LogP contribution in [-0.2, 0) is 0 Å². The maximum Gasteiger partial charge on any atom is 0.257 e. The SMILES string of the molecule is CC(C)C(CBr)NC(=O)c1c(F)cc(Br)cc1F. The fraction of sp³-hybridized carbons (Fsp3) is 0.417. The first-order valence-corrected chi connectivity index (χ1v) is 7.29. The molecule has 0 aliphatic rings. The average molecular weight is 385 g/mol. The van der Waals surface area contributed by atoms with E-state index in [1.54, 1.807) is 0 Å². The summed E-state index contributed by atoms with van der Waals surface area (Å²) >= 11 is 6.22. The molecule has 0 saturated carbocycles. The van der Waals surface area contributed by atoms with E-state index < -0.39 is 23.1 Å². The quantitative estimate of drug-likeness (QED) is 0.784. The van der Waals surface area contributed by atoms with Crippen molar-refractivity contribution in [3.05, 3.63) is 33.8 Å². The van der Waals surface area contributed by atoms with Gasteiger partial charge < -0.3 is 5.32 Å². The normalized spacial score (nSPS) is 12.6. The van der Waals surface area contributed by atoms with E-state index in [0.717, 1.165) is 12.1 Å². The molecule has 1 N–H and O–H groups in total. The Kier molecular flexibility index (Phi) is 5.72. The highest BCUT2D eigenvalue weighted by molar-refractivity contribution is 9.10. The van der Waals surface area contributed by atoms with Crippen molar-refractivity contribution in [2.24, 2.45) is 5.92 Å². The predicted octanol–water partition coefficient (Wildman–Crippen LogP) is 3.88. The molecule has 0 spiro atoms. The summed E-state index contributed by atoms with van der Waals surface area (Å²) in [6, 6.07) is 1.95. The lowest BCUT2D eigenvalue weighted by atomic mass is 10.1. The van der Waals surface area contributed by atoms with Crippen LogP contribution >= 0.6 is 31.9 Å².